The van der Waals surface area contributed by atoms with Gasteiger partial charge < -0.3 is 10.1 Å². The molecule has 0 radical (unpaired) electrons. The summed E-state index contributed by atoms with van der Waals surface area (Å²) < 4.78 is 19.3. The third kappa shape index (κ3) is 2.81. The summed E-state index contributed by atoms with van der Waals surface area (Å²) in [7, 11) is 1.63. The summed E-state index contributed by atoms with van der Waals surface area (Å²) in [6.07, 6.45) is 0. The Kier molecular flexibility index (Phi) is 3.83. The van der Waals surface area contributed by atoms with E-state index in [1.807, 2.05) is 18.2 Å². The van der Waals surface area contributed by atoms with Gasteiger partial charge in [0.15, 0.2) is 5.13 Å². The zero-order valence-electron chi connectivity index (χ0n) is 12.5. The van der Waals surface area contributed by atoms with Gasteiger partial charge in [0.25, 0.3) is 0 Å². The number of hydrogen-bond acceptors (Lipinski definition) is 7. The van der Waals surface area contributed by atoms with E-state index in [2.05, 4.69) is 20.5 Å². The largest absolute Gasteiger partial charge is 0.494 e. The minimum atomic E-state index is -0.273. The fourth-order valence-electron chi connectivity index (χ4n) is 2.22. The number of ether oxygens (including phenoxy) is 1. The SMILES string of the molecule is COc1cccc2sc(Nc3nnc(-c4ccc(F)cc4)s3)nc12. The second kappa shape index (κ2) is 6.14. The first-order valence-corrected chi connectivity index (χ1v) is 8.66. The Morgan fingerprint density at radius 2 is 1.83 bits per heavy atom. The monoisotopic (exact) mass is 358 g/mol. The highest BCUT2D eigenvalue weighted by molar-refractivity contribution is 7.23. The number of thiazole rings is 1. The number of nitrogens with zero attached hydrogens (tertiary/aromatic N) is 3. The highest BCUT2D eigenvalue weighted by Gasteiger charge is 2.11. The van der Waals surface area contributed by atoms with Crippen LogP contribution in [-0.4, -0.2) is 22.3 Å². The molecule has 0 saturated carbocycles. The summed E-state index contributed by atoms with van der Waals surface area (Å²) in [4.78, 5) is 4.54. The van der Waals surface area contributed by atoms with Crippen molar-refractivity contribution in [3.63, 3.8) is 0 Å². The minimum absolute atomic E-state index is 0.273. The summed E-state index contributed by atoms with van der Waals surface area (Å²) in [5, 5.41) is 13.5. The number of hydrogen-bond donors (Lipinski definition) is 1. The predicted molar refractivity (Wildman–Crippen MR) is 94.8 cm³/mol. The first-order chi connectivity index (χ1) is 11.7. The van der Waals surface area contributed by atoms with E-state index in [1.54, 1.807) is 19.2 Å². The molecule has 1 N–H and O–H groups in total. The molecule has 0 aliphatic rings. The Morgan fingerprint density at radius 3 is 2.62 bits per heavy atom. The van der Waals surface area contributed by atoms with Crippen molar-refractivity contribution < 1.29 is 9.13 Å². The van der Waals surface area contributed by atoms with Crippen molar-refractivity contribution in [3.8, 4) is 16.3 Å². The maximum Gasteiger partial charge on any atom is 0.212 e. The topological polar surface area (TPSA) is 59.9 Å². The summed E-state index contributed by atoms with van der Waals surface area (Å²) >= 11 is 2.90. The smallest absolute Gasteiger partial charge is 0.212 e. The van der Waals surface area contributed by atoms with E-state index in [4.69, 9.17) is 4.74 Å². The van der Waals surface area contributed by atoms with E-state index in [-0.39, 0.29) is 5.82 Å². The van der Waals surface area contributed by atoms with Gasteiger partial charge >= 0.3 is 0 Å². The highest BCUT2D eigenvalue weighted by atomic mass is 32.1. The second-order valence-electron chi connectivity index (χ2n) is 4.87. The van der Waals surface area contributed by atoms with Crippen molar-refractivity contribution in [2.75, 3.05) is 12.4 Å². The van der Waals surface area contributed by atoms with Gasteiger partial charge in [-0.05, 0) is 36.4 Å². The zero-order chi connectivity index (χ0) is 16.5. The van der Waals surface area contributed by atoms with Gasteiger partial charge in [-0.15, -0.1) is 10.2 Å². The number of methoxy groups -OCH3 is 1. The van der Waals surface area contributed by atoms with Crippen molar-refractivity contribution >= 4 is 43.2 Å². The molecule has 0 saturated heterocycles. The molecule has 0 bridgehead atoms. The first kappa shape index (κ1) is 15.0. The number of rotatable bonds is 4. The normalized spacial score (nSPS) is 10.9. The molecule has 0 aliphatic heterocycles. The second-order valence-corrected chi connectivity index (χ2v) is 6.88. The van der Waals surface area contributed by atoms with Crippen molar-refractivity contribution in [3.05, 3.63) is 48.3 Å². The van der Waals surface area contributed by atoms with Crippen LogP contribution in [0.5, 0.6) is 5.75 Å². The van der Waals surface area contributed by atoms with Gasteiger partial charge in [0.1, 0.15) is 22.1 Å². The van der Waals surface area contributed by atoms with E-state index in [9.17, 15) is 4.39 Å². The Hall–Kier alpha value is -2.58. The van der Waals surface area contributed by atoms with Gasteiger partial charge in [0.05, 0.1) is 11.8 Å². The standard InChI is InChI=1S/C16H11FN4OS2/c1-22-11-3-2-4-12-13(11)18-15(23-12)19-16-21-20-14(24-16)9-5-7-10(17)8-6-9/h2-8H,1H3,(H,18,19,21). The molecule has 2 aromatic carbocycles. The Morgan fingerprint density at radius 1 is 1.00 bits per heavy atom. The molecule has 0 spiro atoms. The highest BCUT2D eigenvalue weighted by Crippen LogP contribution is 2.35. The number of halogens is 1. The number of anilines is 2. The van der Waals surface area contributed by atoms with Gasteiger partial charge in [-0.1, -0.05) is 28.7 Å². The molecule has 0 fully saturated rings. The van der Waals surface area contributed by atoms with E-state index < -0.39 is 0 Å². The van der Waals surface area contributed by atoms with Crippen LogP contribution >= 0.6 is 22.7 Å². The van der Waals surface area contributed by atoms with Crippen LogP contribution in [0.25, 0.3) is 20.8 Å². The van der Waals surface area contributed by atoms with Gasteiger partial charge in [-0.2, -0.15) is 0 Å². The predicted octanol–water partition coefficient (Wildman–Crippen LogP) is 4.71. The van der Waals surface area contributed by atoms with E-state index in [0.717, 1.165) is 31.7 Å². The number of nitrogens with one attached hydrogen (secondary N) is 1. The third-order valence-electron chi connectivity index (χ3n) is 3.33. The quantitative estimate of drug-likeness (QED) is 0.573. The van der Waals surface area contributed by atoms with Crippen LogP contribution in [0.2, 0.25) is 0 Å². The van der Waals surface area contributed by atoms with Crippen LogP contribution < -0.4 is 10.1 Å². The lowest BCUT2D eigenvalue weighted by molar-refractivity contribution is 0.419. The Balaban J connectivity index is 1.61. The van der Waals surface area contributed by atoms with Crippen LogP contribution in [0, 0.1) is 5.82 Å². The van der Waals surface area contributed by atoms with Gasteiger partial charge in [0.2, 0.25) is 5.13 Å². The summed E-state index contributed by atoms with van der Waals surface area (Å²) in [5.74, 6) is 0.464. The molecular weight excluding hydrogens is 347 g/mol. The molecule has 8 heteroatoms. The first-order valence-electron chi connectivity index (χ1n) is 7.03. The number of benzene rings is 2. The van der Waals surface area contributed by atoms with Crippen LogP contribution in [0.3, 0.4) is 0 Å². The molecule has 0 aliphatic carbocycles. The van der Waals surface area contributed by atoms with Crippen molar-refractivity contribution in [2.24, 2.45) is 0 Å². The minimum Gasteiger partial charge on any atom is -0.494 e. The fraction of sp³-hybridized carbons (Fsp3) is 0.0625. The summed E-state index contributed by atoms with van der Waals surface area (Å²) in [6, 6.07) is 12.0. The molecule has 2 heterocycles. The third-order valence-corrected chi connectivity index (χ3v) is 5.16. The Labute approximate surface area is 144 Å². The maximum atomic E-state index is 13.0. The molecule has 24 heavy (non-hydrogen) atoms. The van der Waals surface area contributed by atoms with Crippen molar-refractivity contribution in [1.29, 1.82) is 0 Å². The zero-order valence-corrected chi connectivity index (χ0v) is 14.1. The number of aromatic nitrogens is 3. The average molecular weight is 358 g/mol. The molecule has 4 aromatic rings. The summed E-state index contributed by atoms with van der Waals surface area (Å²) in [5.41, 5.74) is 1.64. The molecule has 0 amide bonds. The molecule has 4 rings (SSSR count). The van der Waals surface area contributed by atoms with E-state index in [0.29, 0.717) is 5.13 Å². The molecule has 2 aromatic heterocycles. The number of para-hydroxylation sites is 1. The maximum absolute atomic E-state index is 13.0. The number of fused-ring (bicyclic) bond motifs is 1. The lowest BCUT2D eigenvalue weighted by Gasteiger charge is -1.98. The molecule has 5 nitrogen and oxygen atoms in total. The molecule has 120 valence electrons. The molecule has 0 unspecified atom stereocenters. The van der Waals surface area contributed by atoms with Crippen LogP contribution in [0.15, 0.2) is 42.5 Å². The van der Waals surface area contributed by atoms with E-state index >= 15 is 0 Å². The van der Waals surface area contributed by atoms with Crippen molar-refractivity contribution in [1.82, 2.24) is 15.2 Å². The van der Waals surface area contributed by atoms with Crippen LogP contribution in [0.4, 0.5) is 14.7 Å². The van der Waals surface area contributed by atoms with Gasteiger partial charge in [-0.25, -0.2) is 9.37 Å². The van der Waals surface area contributed by atoms with E-state index in [1.165, 1.54) is 34.8 Å². The molecule has 0 atom stereocenters. The van der Waals surface area contributed by atoms with Gasteiger partial charge in [0, 0.05) is 5.56 Å². The average Bonchev–Trinajstić information content (AvgIpc) is 3.22. The summed E-state index contributed by atoms with van der Waals surface area (Å²) in [6.45, 7) is 0. The molecular formula is C16H11FN4OS2. The lowest BCUT2D eigenvalue weighted by Crippen LogP contribution is -1.88. The van der Waals surface area contributed by atoms with Crippen LogP contribution in [-0.2, 0) is 0 Å². The fourth-order valence-corrected chi connectivity index (χ4v) is 3.91. The Bertz CT molecular complexity index is 997. The van der Waals surface area contributed by atoms with Crippen molar-refractivity contribution in [2.45, 2.75) is 0 Å². The van der Waals surface area contributed by atoms with Crippen LogP contribution in [0.1, 0.15) is 0 Å². The van der Waals surface area contributed by atoms with Gasteiger partial charge in [-0.3, -0.25) is 0 Å². The lowest BCUT2D eigenvalue weighted by atomic mass is 10.2.